The summed E-state index contributed by atoms with van der Waals surface area (Å²) in [5.74, 6) is -0.183. The molecule has 1 fully saturated rings. The third-order valence-corrected chi connectivity index (χ3v) is 6.19. The quantitative estimate of drug-likeness (QED) is 0.376. The van der Waals surface area contributed by atoms with Gasteiger partial charge < -0.3 is 9.80 Å². The maximum atomic E-state index is 12.7. The van der Waals surface area contributed by atoms with Crippen molar-refractivity contribution in [3.63, 3.8) is 0 Å². The van der Waals surface area contributed by atoms with Gasteiger partial charge in [-0.2, -0.15) is 0 Å². The first-order valence-corrected chi connectivity index (χ1v) is 10.6. The fraction of sp³-hybridized carbons (Fsp3) is 0.500. The highest BCUT2D eigenvalue weighted by Crippen LogP contribution is 2.19. The third-order valence-electron chi connectivity index (χ3n) is 4.44. The van der Waals surface area contributed by atoms with Gasteiger partial charge >= 0.3 is 0 Å². The van der Waals surface area contributed by atoms with E-state index in [9.17, 15) is 23.3 Å². The van der Waals surface area contributed by atoms with Crippen LogP contribution in [0.2, 0.25) is 0 Å². The van der Waals surface area contributed by atoms with Crippen LogP contribution in [0.3, 0.4) is 0 Å². The number of sulfone groups is 1. The molecular formula is C18H25N3O5S. The van der Waals surface area contributed by atoms with Crippen LogP contribution in [0.25, 0.3) is 6.08 Å². The van der Waals surface area contributed by atoms with E-state index in [-0.39, 0.29) is 29.1 Å². The summed E-state index contributed by atoms with van der Waals surface area (Å²) < 4.78 is 23.6. The lowest BCUT2D eigenvalue weighted by Gasteiger charge is -2.27. The molecular weight excluding hydrogens is 370 g/mol. The largest absolute Gasteiger partial charge is 0.335 e. The molecule has 0 radical (unpaired) electrons. The Kier molecular flexibility index (Phi) is 7.09. The lowest BCUT2D eigenvalue weighted by Crippen LogP contribution is -2.41. The highest BCUT2D eigenvalue weighted by molar-refractivity contribution is 7.91. The standard InChI is InChI=1S/C18H25N3O5S/c1-19(2)10-4-11-20(17-9-12-27(25,26)14-17)18(22)8-7-15-5-3-6-16(13-15)21(23)24/h3,5-8,13,17H,4,9-12,14H2,1-2H3/b8-7+. The lowest BCUT2D eigenvalue weighted by molar-refractivity contribution is -0.384. The van der Waals surface area contributed by atoms with Crippen LogP contribution < -0.4 is 0 Å². The van der Waals surface area contributed by atoms with E-state index in [0.29, 0.717) is 18.5 Å². The lowest BCUT2D eigenvalue weighted by atomic mass is 10.1. The molecule has 1 aromatic rings. The molecule has 1 aromatic carbocycles. The van der Waals surface area contributed by atoms with Crippen molar-refractivity contribution in [1.82, 2.24) is 9.80 Å². The number of nitro benzene ring substituents is 1. The van der Waals surface area contributed by atoms with Gasteiger partial charge in [-0.1, -0.05) is 12.1 Å². The summed E-state index contributed by atoms with van der Waals surface area (Å²) >= 11 is 0. The van der Waals surface area contributed by atoms with Crippen LogP contribution in [0, 0.1) is 10.1 Å². The Labute approximate surface area is 159 Å². The zero-order valence-corrected chi connectivity index (χ0v) is 16.4. The molecule has 0 aromatic heterocycles. The Morgan fingerprint density at radius 1 is 1.33 bits per heavy atom. The van der Waals surface area contributed by atoms with Crippen molar-refractivity contribution < 1.29 is 18.1 Å². The minimum Gasteiger partial charge on any atom is -0.335 e. The highest BCUT2D eigenvalue weighted by Gasteiger charge is 2.33. The highest BCUT2D eigenvalue weighted by atomic mass is 32.2. The second kappa shape index (κ2) is 9.09. The second-order valence-electron chi connectivity index (χ2n) is 6.93. The number of hydrogen-bond acceptors (Lipinski definition) is 6. The number of carbonyl (C=O) groups excluding carboxylic acids is 1. The normalized spacial score (nSPS) is 18.9. The van der Waals surface area contributed by atoms with Crippen molar-refractivity contribution in [2.24, 2.45) is 0 Å². The number of hydrogen-bond donors (Lipinski definition) is 0. The molecule has 27 heavy (non-hydrogen) atoms. The molecule has 1 unspecified atom stereocenters. The van der Waals surface area contributed by atoms with E-state index < -0.39 is 14.8 Å². The molecule has 1 heterocycles. The molecule has 1 amide bonds. The van der Waals surface area contributed by atoms with E-state index in [4.69, 9.17) is 0 Å². The van der Waals surface area contributed by atoms with Crippen LogP contribution in [0.15, 0.2) is 30.3 Å². The van der Waals surface area contributed by atoms with Gasteiger partial charge in [0, 0.05) is 30.8 Å². The van der Waals surface area contributed by atoms with Crippen LogP contribution >= 0.6 is 0 Å². The second-order valence-corrected chi connectivity index (χ2v) is 9.16. The van der Waals surface area contributed by atoms with Gasteiger partial charge in [0.05, 0.1) is 16.4 Å². The number of non-ortho nitro benzene ring substituents is 1. The van der Waals surface area contributed by atoms with Gasteiger partial charge in [-0.05, 0) is 45.1 Å². The summed E-state index contributed by atoms with van der Waals surface area (Å²) in [4.78, 5) is 26.7. The van der Waals surface area contributed by atoms with Crippen LogP contribution in [0.5, 0.6) is 0 Å². The van der Waals surface area contributed by atoms with E-state index in [1.54, 1.807) is 17.0 Å². The van der Waals surface area contributed by atoms with Gasteiger partial charge in [0.15, 0.2) is 9.84 Å². The SMILES string of the molecule is CN(C)CCCN(C(=O)/C=C/c1cccc([N+](=O)[O-])c1)C1CCS(=O)(=O)C1. The molecule has 0 bridgehead atoms. The van der Waals surface area contributed by atoms with Crippen LogP contribution in [-0.2, 0) is 14.6 Å². The Morgan fingerprint density at radius 2 is 2.07 bits per heavy atom. The molecule has 0 aliphatic carbocycles. The van der Waals surface area contributed by atoms with Crippen molar-refractivity contribution in [2.75, 3.05) is 38.7 Å². The monoisotopic (exact) mass is 395 g/mol. The Hall–Kier alpha value is -2.26. The third kappa shape index (κ3) is 6.44. The number of amides is 1. The number of benzene rings is 1. The molecule has 0 spiro atoms. The van der Waals surface area contributed by atoms with Crippen LogP contribution in [-0.4, -0.2) is 73.8 Å². The summed E-state index contributed by atoms with van der Waals surface area (Å²) in [7, 11) is 0.777. The van der Waals surface area contributed by atoms with Crippen molar-refractivity contribution in [2.45, 2.75) is 18.9 Å². The molecule has 1 aliphatic heterocycles. The van der Waals surface area contributed by atoms with E-state index in [1.807, 2.05) is 19.0 Å². The van der Waals surface area contributed by atoms with Crippen LogP contribution in [0.4, 0.5) is 5.69 Å². The van der Waals surface area contributed by atoms with Gasteiger partial charge in [-0.3, -0.25) is 14.9 Å². The fourth-order valence-electron chi connectivity index (χ4n) is 3.06. The minimum absolute atomic E-state index is 0.00858. The predicted octanol–water partition coefficient (Wildman–Crippen LogP) is 1.58. The summed E-state index contributed by atoms with van der Waals surface area (Å²) in [6.45, 7) is 1.26. The van der Waals surface area contributed by atoms with E-state index in [0.717, 1.165) is 13.0 Å². The van der Waals surface area contributed by atoms with Crippen molar-refractivity contribution in [3.8, 4) is 0 Å². The van der Waals surface area contributed by atoms with Gasteiger partial charge in [-0.25, -0.2) is 8.42 Å². The first-order valence-electron chi connectivity index (χ1n) is 8.76. The number of nitrogens with zero attached hydrogens (tertiary/aromatic N) is 3. The maximum Gasteiger partial charge on any atom is 0.270 e. The first-order chi connectivity index (χ1) is 12.7. The first kappa shape index (κ1) is 21.0. The molecule has 1 saturated heterocycles. The Morgan fingerprint density at radius 3 is 2.67 bits per heavy atom. The average Bonchev–Trinajstić information content (AvgIpc) is 2.96. The summed E-state index contributed by atoms with van der Waals surface area (Å²) in [5, 5.41) is 10.9. The van der Waals surface area contributed by atoms with Crippen molar-refractivity contribution in [1.29, 1.82) is 0 Å². The number of nitro groups is 1. The molecule has 2 rings (SSSR count). The van der Waals surface area contributed by atoms with Crippen molar-refractivity contribution >= 4 is 27.5 Å². The average molecular weight is 395 g/mol. The number of carbonyl (C=O) groups is 1. The summed E-state index contributed by atoms with van der Waals surface area (Å²) in [6, 6.07) is 5.68. The molecule has 1 atom stereocenters. The Bertz CT molecular complexity index is 820. The van der Waals surface area contributed by atoms with Gasteiger partial charge in [0.1, 0.15) is 0 Å². The number of rotatable bonds is 8. The Balaban J connectivity index is 2.12. The van der Waals surface area contributed by atoms with Gasteiger partial charge in [-0.15, -0.1) is 0 Å². The summed E-state index contributed by atoms with van der Waals surface area (Å²) in [6.07, 6.45) is 4.07. The van der Waals surface area contributed by atoms with Gasteiger partial charge in [0.25, 0.3) is 5.69 Å². The van der Waals surface area contributed by atoms with E-state index >= 15 is 0 Å². The fourth-order valence-corrected chi connectivity index (χ4v) is 4.79. The maximum absolute atomic E-state index is 12.7. The van der Waals surface area contributed by atoms with Gasteiger partial charge in [0.2, 0.25) is 5.91 Å². The van der Waals surface area contributed by atoms with E-state index in [1.165, 1.54) is 24.3 Å². The molecule has 0 N–H and O–H groups in total. The molecule has 9 heteroatoms. The van der Waals surface area contributed by atoms with Crippen molar-refractivity contribution in [3.05, 3.63) is 46.0 Å². The smallest absolute Gasteiger partial charge is 0.270 e. The molecule has 0 saturated carbocycles. The van der Waals surface area contributed by atoms with E-state index in [2.05, 4.69) is 0 Å². The minimum atomic E-state index is -3.10. The molecule has 148 valence electrons. The predicted molar refractivity (Wildman–Crippen MR) is 104 cm³/mol. The molecule has 8 nitrogen and oxygen atoms in total. The summed E-state index contributed by atoms with van der Waals surface area (Å²) in [5.41, 5.74) is 0.499. The van der Waals surface area contributed by atoms with Crippen LogP contribution in [0.1, 0.15) is 18.4 Å². The topological polar surface area (TPSA) is 101 Å². The zero-order valence-electron chi connectivity index (χ0n) is 15.6. The molecule has 1 aliphatic rings. The zero-order chi connectivity index (χ0) is 20.0.